The van der Waals surface area contributed by atoms with Crippen LogP contribution in [-0.2, 0) is 12.2 Å². The molecule has 1 fully saturated rings. The molecule has 0 bridgehead atoms. The first-order chi connectivity index (χ1) is 18.1. The molecule has 198 valence electrons. The minimum Gasteiger partial charge on any atom is -0.485 e. The summed E-state index contributed by atoms with van der Waals surface area (Å²) in [5, 5.41) is 10.4. The van der Waals surface area contributed by atoms with Crippen molar-refractivity contribution in [3.05, 3.63) is 92.2 Å². The van der Waals surface area contributed by atoms with E-state index in [9.17, 15) is 18.7 Å². The molecule has 11 heteroatoms. The molecule has 3 aromatic heterocycles. The summed E-state index contributed by atoms with van der Waals surface area (Å²) in [6.45, 7) is 4.95. The number of aliphatic hydroxyl groups is 1. The lowest BCUT2D eigenvalue weighted by Crippen LogP contribution is -2.35. The summed E-state index contributed by atoms with van der Waals surface area (Å²) in [6.07, 6.45) is 9.63. The SMILES string of the molecule is C\C=C(/N=C\C(C)=C\n1c(C)cc(OCc2ncc(F)cc2F)c(Cl)c1=O)c1ccnc(C2(O)CCC2)n1. The lowest BCUT2D eigenvalue weighted by molar-refractivity contribution is -0.0468. The summed E-state index contributed by atoms with van der Waals surface area (Å²) in [5.41, 5.74) is 0.671. The fourth-order valence-electron chi connectivity index (χ4n) is 3.81. The molecule has 0 atom stereocenters. The second-order valence-electron chi connectivity index (χ2n) is 8.97. The minimum absolute atomic E-state index is 0.0551. The molecule has 0 unspecified atom stereocenters. The van der Waals surface area contributed by atoms with E-state index in [0.717, 1.165) is 12.6 Å². The van der Waals surface area contributed by atoms with Crippen LogP contribution in [0.15, 0.2) is 52.0 Å². The molecule has 0 spiro atoms. The Kier molecular flexibility index (Phi) is 8.13. The van der Waals surface area contributed by atoms with Crippen LogP contribution in [-0.4, -0.2) is 30.8 Å². The van der Waals surface area contributed by atoms with Gasteiger partial charge in [-0.15, -0.1) is 0 Å². The van der Waals surface area contributed by atoms with E-state index in [4.69, 9.17) is 16.3 Å². The Morgan fingerprint density at radius 1 is 1.32 bits per heavy atom. The van der Waals surface area contributed by atoms with E-state index in [0.29, 0.717) is 47.4 Å². The summed E-state index contributed by atoms with van der Waals surface area (Å²) in [6, 6.07) is 3.96. The average Bonchev–Trinajstić information content (AvgIpc) is 2.88. The molecule has 0 aliphatic heterocycles. The van der Waals surface area contributed by atoms with E-state index in [-0.39, 0.29) is 23.1 Å². The highest BCUT2D eigenvalue weighted by atomic mass is 35.5. The molecule has 3 aromatic rings. The number of ether oxygens (including phenoxy) is 1. The Labute approximate surface area is 223 Å². The highest BCUT2D eigenvalue weighted by molar-refractivity contribution is 6.31. The van der Waals surface area contributed by atoms with Crippen LogP contribution in [0.25, 0.3) is 11.9 Å². The van der Waals surface area contributed by atoms with Gasteiger partial charge in [-0.05, 0) is 51.7 Å². The van der Waals surface area contributed by atoms with E-state index in [1.165, 1.54) is 10.6 Å². The molecule has 0 radical (unpaired) electrons. The van der Waals surface area contributed by atoms with Gasteiger partial charge in [0.05, 0.1) is 17.6 Å². The van der Waals surface area contributed by atoms with Gasteiger partial charge in [0.25, 0.3) is 5.56 Å². The number of aliphatic imine (C=N–C) groups is 1. The molecule has 3 heterocycles. The van der Waals surface area contributed by atoms with Crippen LogP contribution in [0.4, 0.5) is 8.78 Å². The Bertz CT molecular complexity index is 1510. The number of halogens is 3. The van der Waals surface area contributed by atoms with Gasteiger partial charge in [-0.2, -0.15) is 0 Å². The number of rotatable bonds is 8. The number of nitrogens with zero attached hydrogens (tertiary/aromatic N) is 5. The number of hydrogen-bond acceptors (Lipinski definition) is 7. The summed E-state index contributed by atoms with van der Waals surface area (Å²) >= 11 is 6.24. The van der Waals surface area contributed by atoms with Crippen molar-refractivity contribution >= 4 is 29.7 Å². The van der Waals surface area contributed by atoms with Gasteiger partial charge in [0.15, 0.2) is 11.6 Å². The third-order valence-electron chi connectivity index (χ3n) is 6.12. The van der Waals surface area contributed by atoms with E-state index in [1.54, 1.807) is 44.6 Å². The van der Waals surface area contributed by atoms with Crippen molar-refractivity contribution in [3.63, 3.8) is 0 Å². The standard InChI is InChI=1S/C27H26ClF2N5O3/c1-4-20(21-6-9-31-26(34-21)27(37)7-5-8-27)32-12-16(2)14-35-17(3)10-23(24(28)25(35)36)38-15-22-19(30)11-18(29)13-33-22/h4,6,9-14,37H,5,7-8,15H2,1-3H3/b16-14+,20-4-,32-12-. The normalized spacial score (nSPS) is 15.6. The molecule has 0 saturated heterocycles. The maximum absolute atomic E-state index is 13.9. The molecular weight excluding hydrogens is 516 g/mol. The van der Waals surface area contributed by atoms with Gasteiger partial charge in [-0.3, -0.25) is 19.3 Å². The zero-order valence-electron chi connectivity index (χ0n) is 21.1. The van der Waals surface area contributed by atoms with Crippen LogP contribution >= 0.6 is 11.6 Å². The van der Waals surface area contributed by atoms with Crippen LogP contribution in [0.3, 0.4) is 0 Å². The number of aryl methyl sites for hydroxylation is 1. The predicted molar refractivity (Wildman–Crippen MR) is 141 cm³/mol. The first-order valence-corrected chi connectivity index (χ1v) is 12.3. The van der Waals surface area contributed by atoms with Gasteiger partial charge in [-0.25, -0.2) is 18.7 Å². The smallest absolute Gasteiger partial charge is 0.277 e. The Balaban J connectivity index is 1.52. The lowest BCUT2D eigenvalue weighted by atomic mass is 9.79. The molecule has 4 rings (SSSR count). The highest BCUT2D eigenvalue weighted by Crippen LogP contribution is 2.39. The number of hydrogen-bond donors (Lipinski definition) is 1. The zero-order chi connectivity index (χ0) is 27.4. The fourth-order valence-corrected chi connectivity index (χ4v) is 4.01. The largest absolute Gasteiger partial charge is 0.485 e. The fraction of sp³-hybridized carbons (Fsp3) is 0.296. The van der Waals surface area contributed by atoms with Gasteiger partial charge >= 0.3 is 0 Å². The third kappa shape index (κ3) is 5.87. The first-order valence-electron chi connectivity index (χ1n) is 11.9. The third-order valence-corrected chi connectivity index (χ3v) is 6.47. The second-order valence-corrected chi connectivity index (χ2v) is 9.34. The van der Waals surface area contributed by atoms with E-state index in [2.05, 4.69) is 19.9 Å². The van der Waals surface area contributed by atoms with Gasteiger partial charge in [0, 0.05) is 36.4 Å². The Morgan fingerprint density at radius 2 is 2.08 bits per heavy atom. The summed E-state index contributed by atoms with van der Waals surface area (Å²) in [4.78, 5) is 29.8. The zero-order valence-corrected chi connectivity index (χ0v) is 21.8. The molecule has 8 nitrogen and oxygen atoms in total. The van der Waals surface area contributed by atoms with Crippen molar-refractivity contribution in [1.82, 2.24) is 19.5 Å². The van der Waals surface area contributed by atoms with Crippen LogP contribution < -0.4 is 10.3 Å². The maximum atomic E-state index is 13.9. The Hall–Kier alpha value is -3.76. The predicted octanol–water partition coefficient (Wildman–Crippen LogP) is 5.22. The summed E-state index contributed by atoms with van der Waals surface area (Å²) in [5.74, 6) is -1.22. The average molecular weight is 542 g/mol. The summed E-state index contributed by atoms with van der Waals surface area (Å²) in [7, 11) is 0. The van der Waals surface area contributed by atoms with Crippen molar-refractivity contribution in [2.45, 2.75) is 52.2 Å². The molecule has 0 amide bonds. The van der Waals surface area contributed by atoms with E-state index < -0.39 is 22.8 Å². The van der Waals surface area contributed by atoms with Gasteiger partial charge in [0.2, 0.25) is 0 Å². The van der Waals surface area contributed by atoms with E-state index >= 15 is 0 Å². The van der Waals surface area contributed by atoms with Crippen LogP contribution in [0.2, 0.25) is 5.02 Å². The summed E-state index contributed by atoms with van der Waals surface area (Å²) < 4.78 is 33.8. The molecule has 1 N–H and O–H groups in total. The molecule has 0 aromatic carbocycles. The van der Waals surface area contributed by atoms with Crippen LogP contribution in [0, 0.1) is 18.6 Å². The topological polar surface area (TPSA) is 102 Å². The second kappa shape index (κ2) is 11.3. The number of aromatic nitrogens is 4. The quantitative estimate of drug-likeness (QED) is 0.392. The number of allylic oxidation sites excluding steroid dienone is 2. The van der Waals surface area contributed by atoms with Crippen molar-refractivity contribution in [2.75, 3.05) is 0 Å². The molecule has 1 aliphatic carbocycles. The highest BCUT2D eigenvalue weighted by Gasteiger charge is 2.39. The van der Waals surface area contributed by atoms with Crippen LogP contribution in [0.1, 0.15) is 56.0 Å². The van der Waals surface area contributed by atoms with Crippen molar-refractivity contribution in [3.8, 4) is 5.75 Å². The minimum atomic E-state index is -0.980. The van der Waals surface area contributed by atoms with Crippen molar-refractivity contribution in [2.24, 2.45) is 4.99 Å². The van der Waals surface area contributed by atoms with E-state index in [1.807, 2.05) is 6.92 Å². The van der Waals surface area contributed by atoms with Gasteiger partial charge < -0.3 is 9.84 Å². The monoisotopic (exact) mass is 541 g/mol. The van der Waals surface area contributed by atoms with Crippen LogP contribution in [0.5, 0.6) is 5.75 Å². The first kappa shape index (κ1) is 27.3. The number of pyridine rings is 2. The van der Waals surface area contributed by atoms with Gasteiger partial charge in [-0.1, -0.05) is 17.7 Å². The Morgan fingerprint density at radius 3 is 2.74 bits per heavy atom. The van der Waals surface area contributed by atoms with Crippen molar-refractivity contribution < 1.29 is 18.6 Å². The maximum Gasteiger partial charge on any atom is 0.277 e. The molecule has 1 aliphatic rings. The lowest BCUT2D eigenvalue weighted by Gasteiger charge is -2.34. The van der Waals surface area contributed by atoms with Crippen molar-refractivity contribution in [1.29, 1.82) is 0 Å². The molecule has 1 saturated carbocycles. The molecule has 38 heavy (non-hydrogen) atoms. The van der Waals surface area contributed by atoms with Gasteiger partial charge in [0.1, 0.15) is 34.5 Å². The molecular formula is C27H26ClF2N5O3.